The number of halogens is 1. The Balaban J connectivity index is 1.91. The molecule has 0 saturated carbocycles. The molecule has 108 valence electrons. The molecule has 0 amide bonds. The minimum atomic E-state index is 0.478. The van der Waals surface area contributed by atoms with Gasteiger partial charge < -0.3 is 10.2 Å². The van der Waals surface area contributed by atoms with Gasteiger partial charge in [0.2, 0.25) is 0 Å². The summed E-state index contributed by atoms with van der Waals surface area (Å²) >= 11 is 7.11. The highest BCUT2D eigenvalue weighted by Gasteiger charge is 2.25. The lowest BCUT2D eigenvalue weighted by molar-refractivity contribution is 0.0944. The molecule has 2 heterocycles. The molecule has 1 saturated heterocycles. The van der Waals surface area contributed by atoms with Crippen molar-refractivity contribution in [2.75, 3.05) is 45.1 Å². The Kier molecular flexibility index (Phi) is 5.38. The molecule has 0 spiro atoms. The third-order valence-electron chi connectivity index (χ3n) is 3.70. The molecule has 1 unspecified atom stereocenters. The minimum Gasteiger partial charge on any atom is -0.365 e. The van der Waals surface area contributed by atoms with Crippen LogP contribution in [0, 0.1) is 5.92 Å². The predicted octanol–water partition coefficient (Wildman–Crippen LogP) is 1.88. The number of anilines is 1. The van der Waals surface area contributed by atoms with Gasteiger partial charge in [0, 0.05) is 38.8 Å². The van der Waals surface area contributed by atoms with E-state index < -0.39 is 0 Å². The van der Waals surface area contributed by atoms with E-state index in [1.165, 1.54) is 0 Å². The zero-order chi connectivity index (χ0) is 13.8. The van der Waals surface area contributed by atoms with Crippen LogP contribution >= 0.6 is 23.3 Å². The zero-order valence-corrected chi connectivity index (χ0v) is 13.3. The van der Waals surface area contributed by atoms with E-state index in [4.69, 9.17) is 11.6 Å². The van der Waals surface area contributed by atoms with Gasteiger partial charge in [0.1, 0.15) is 0 Å². The second kappa shape index (κ2) is 6.83. The number of piperazine rings is 1. The predicted molar refractivity (Wildman–Crippen MR) is 81.1 cm³/mol. The van der Waals surface area contributed by atoms with Crippen molar-refractivity contribution in [1.82, 2.24) is 18.5 Å². The summed E-state index contributed by atoms with van der Waals surface area (Å²) in [6, 6.07) is 0.506. The number of rotatable bonds is 5. The lowest BCUT2D eigenvalue weighted by atomic mass is 10.0. The molecule has 0 bridgehead atoms. The number of nitrogens with zero attached hydrogens (tertiary/aromatic N) is 4. The highest BCUT2D eigenvalue weighted by molar-refractivity contribution is 6.99. The lowest BCUT2D eigenvalue weighted by Gasteiger charge is -2.39. The maximum absolute atomic E-state index is 5.96. The Morgan fingerprint density at radius 1 is 1.26 bits per heavy atom. The van der Waals surface area contributed by atoms with Crippen LogP contribution in [-0.4, -0.2) is 64.4 Å². The summed E-state index contributed by atoms with van der Waals surface area (Å²) in [7, 11) is 2.18. The molecule has 1 aliphatic rings. The zero-order valence-electron chi connectivity index (χ0n) is 11.8. The Bertz CT molecular complexity index is 389. The van der Waals surface area contributed by atoms with Gasteiger partial charge in [0.15, 0.2) is 11.0 Å². The smallest absolute Gasteiger partial charge is 0.186 e. The van der Waals surface area contributed by atoms with Crippen LogP contribution in [0.2, 0.25) is 5.15 Å². The molecular weight excluding hydrogens is 282 g/mol. The second-order valence-electron chi connectivity index (χ2n) is 5.44. The molecule has 0 aliphatic carbocycles. The van der Waals surface area contributed by atoms with Crippen LogP contribution in [-0.2, 0) is 0 Å². The Labute approximate surface area is 124 Å². The minimum absolute atomic E-state index is 0.478. The molecule has 1 N–H and O–H groups in total. The van der Waals surface area contributed by atoms with Gasteiger partial charge in [-0.25, -0.2) is 0 Å². The molecule has 1 atom stereocenters. The third kappa shape index (κ3) is 4.02. The Morgan fingerprint density at radius 2 is 1.95 bits per heavy atom. The van der Waals surface area contributed by atoms with Crippen molar-refractivity contribution in [2.24, 2.45) is 5.92 Å². The fourth-order valence-corrected chi connectivity index (χ4v) is 3.11. The first-order valence-corrected chi connectivity index (χ1v) is 7.83. The normalized spacial score (nSPS) is 19.8. The fraction of sp³-hybridized carbons (Fsp3) is 0.833. The first-order chi connectivity index (χ1) is 9.08. The Hall–Kier alpha value is -0.430. The van der Waals surface area contributed by atoms with Crippen molar-refractivity contribution < 1.29 is 0 Å². The molecule has 1 aromatic heterocycles. The van der Waals surface area contributed by atoms with Gasteiger partial charge in [-0.3, -0.25) is 4.90 Å². The molecule has 19 heavy (non-hydrogen) atoms. The highest BCUT2D eigenvalue weighted by Crippen LogP contribution is 2.20. The van der Waals surface area contributed by atoms with Crippen LogP contribution in [0.3, 0.4) is 0 Å². The number of nitrogens with one attached hydrogen (secondary N) is 1. The molecular formula is C12H22ClN5S. The van der Waals surface area contributed by atoms with Crippen LogP contribution in [0.1, 0.15) is 13.8 Å². The van der Waals surface area contributed by atoms with Crippen LogP contribution in [0.15, 0.2) is 0 Å². The molecule has 0 radical (unpaired) electrons. The summed E-state index contributed by atoms with van der Waals surface area (Å²) in [5.74, 6) is 1.31. The standard InChI is InChI=1S/C12H22ClN5S/c1-9(2)10(18-6-4-17(3)5-7-18)8-14-12-11(13)15-19-16-12/h9-10H,4-8H2,1-3H3,(H,14,16). The van der Waals surface area contributed by atoms with Gasteiger partial charge in [-0.15, -0.1) is 0 Å². The van der Waals surface area contributed by atoms with E-state index >= 15 is 0 Å². The third-order valence-corrected chi connectivity index (χ3v) is 4.60. The molecule has 1 aromatic rings. The average Bonchev–Trinajstić information content (AvgIpc) is 2.77. The largest absolute Gasteiger partial charge is 0.365 e. The van der Waals surface area contributed by atoms with Gasteiger partial charge in [0.05, 0.1) is 11.7 Å². The molecule has 2 rings (SSSR count). The van der Waals surface area contributed by atoms with E-state index in [1.54, 1.807) is 0 Å². The number of hydrogen-bond acceptors (Lipinski definition) is 6. The van der Waals surface area contributed by atoms with Gasteiger partial charge in [-0.1, -0.05) is 25.4 Å². The van der Waals surface area contributed by atoms with E-state index in [-0.39, 0.29) is 0 Å². The summed E-state index contributed by atoms with van der Waals surface area (Å²) in [6.07, 6.45) is 0. The average molecular weight is 304 g/mol. The van der Waals surface area contributed by atoms with Crippen molar-refractivity contribution in [2.45, 2.75) is 19.9 Å². The van der Waals surface area contributed by atoms with E-state index in [2.05, 4.69) is 44.8 Å². The topological polar surface area (TPSA) is 44.3 Å². The van der Waals surface area contributed by atoms with Crippen LogP contribution in [0.25, 0.3) is 0 Å². The number of likely N-dealkylation sites (N-methyl/N-ethyl adjacent to an activating group) is 1. The fourth-order valence-electron chi connectivity index (χ4n) is 2.42. The molecule has 1 fully saturated rings. The summed E-state index contributed by atoms with van der Waals surface area (Å²) in [6.45, 7) is 9.95. The van der Waals surface area contributed by atoms with Crippen LogP contribution < -0.4 is 5.32 Å². The lowest BCUT2D eigenvalue weighted by Crippen LogP contribution is -2.52. The highest BCUT2D eigenvalue weighted by atomic mass is 35.5. The summed E-state index contributed by atoms with van der Waals surface area (Å²) < 4.78 is 8.14. The summed E-state index contributed by atoms with van der Waals surface area (Å²) in [5, 5.41) is 3.81. The van der Waals surface area contributed by atoms with Gasteiger partial charge in [-0.2, -0.15) is 8.75 Å². The van der Waals surface area contributed by atoms with Gasteiger partial charge in [-0.05, 0) is 13.0 Å². The number of hydrogen-bond donors (Lipinski definition) is 1. The van der Waals surface area contributed by atoms with E-state index in [1.807, 2.05) is 0 Å². The molecule has 5 nitrogen and oxygen atoms in total. The van der Waals surface area contributed by atoms with E-state index in [0.717, 1.165) is 44.5 Å². The molecule has 7 heteroatoms. The SMILES string of the molecule is CC(C)C(CNc1nsnc1Cl)N1CCN(C)CC1. The van der Waals surface area contributed by atoms with Crippen molar-refractivity contribution >= 4 is 29.1 Å². The maximum Gasteiger partial charge on any atom is 0.186 e. The van der Waals surface area contributed by atoms with Gasteiger partial charge in [0.25, 0.3) is 0 Å². The second-order valence-corrected chi connectivity index (χ2v) is 6.32. The van der Waals surface area contributed by atoms with E-state index in [0.29, 0.717) is 22.9 Å². The quantitative estimate of drug-likeness (QED) is 0.900. The van der Waals surface area contributed by atoms with Crippen molar-refractivity contribution in [1.29, 1.82) is 0 Å². The molecule has 0 aromatic carbocycles. The first-order valence-electron chi connectivity index (χ1n) is 6.72. The van der Waals surface area contributed by atoms with Crippen LogP contribution in [0.5, 0.6) is 0 Å². The van der Waals surface area contributed by atoms with Crippen molar-refractivity contribution in [3.63, 3.8) is 0 Å². The summed E-state index contributed by atoms with van der Waals surface area (Å²) in [5.41, 5.74) is 0. The van der Waals surface area contributed by atoms with Crippen LogP contribution in [0.4, 0.5) is 5.82 Å². The van der Waals surface area contributed by atoms with Gasteiger partial charge >= 0.3 is 0 Å². The first kappa shape index (κ1) is 15.0. The Morgan fingerprint density at radius 3 is 2.47 bits per heavy atom. The maximum atomic E-state index is 5.96. The van der Waals surface area contributed by atoms with Crippen molar-refractivity contribution in [3.8, 4) is 0 Å². The number of aromatic nitrogens is 2. The molecule has 1 aliphatic heterocycles. The summed E-state index contributed by atoms with van der Waals surface area (Å²) in [4.78, 5) is 4.94. The van der Waals surface area contributed by atoms with E-state index in [9.17, 15) is 0 Å². The monoisotopic (exact) mass is 303 g/mol. The van der Waals surface area contributed by atoms with Crippen molar-refractivity contribution in [3.05, 3.63) is 5.15 Å².